The third-order valence-corrected chi connectivity index (χ3v) is 7.07. The molecule has 4 aromatic rings. The monoisotopic (exact) mass is 531 g/mol. The molecule has 9 nitrogen and oxygen atoms in total. The first-order chi connectivity index (χ1) is 19.1. The van der Waals surface area contributed by atoms with Crippen molar-refractivity contribution in [2.75, 3.05) is 48.6 Å². The van der Waals surface area contributed by atoms with E-state index in [0.717, 1.165) is 49.5 Å². The van der Waals surface area contributed by atoms with Gasteiger partial charge in [-0.1, -0.05) is 12.1 Å². The van der Waals surface area contributed by atoms with Gasteiger partial charge in [-0.05, 0) is 65.9 Å². The molecule has 0 bridgehead atoms. The fourth-order valence-electron chi connectivity index (χ4n) is 4.95. The maximum absolute atomic E-state index is 6.01. The summed E-state index contributed by atoms with van der Waals surface area (Å²) in [5.74, 6) is 3.85. The van der Waals surface area contributed by atoms with Crippen molar-refractivity contribution in [1.82, 2.24) is 15.1 Å². The molecule has 9 heteroatoms. The highest BCUT2D eigenvalue weighted by molar-refractivity contribution is 5.72. The highest BCUT2D eigenvalue weighted by Gasteiger charge is 2.22. The summed E-state index contributed by atoms with van der Waals surface area (Å²) < 4.78 is 33.4. The van der Waals surface area contributed by atoms with Crippen molar-refractivity contribution < 1.29 is 28.1 Å². The van der Waals surface area contributed by atoms with Gasteiger partial charge in [0.2, 0.25) is 11.6 Å². The molecule has 0 N–H and O–H groups in total. The Bertz CT molecular complexity index is 1430. The summed E-state index contributed by atoms with van der Waals surface area (Å²) in [7, 11) is 8.05. The Labute approximate surface area is 228 Å². The topological polar surface area (TPSA) is 88.3 Å². The molecule has 204 valence electrons. The summed E-state index contributed by atoms with van der Waals surface area (Å²) in [5.41, 5.74) is 5.36. The van der Waals surface area contributed by atoms with E-state index < -0.39 is 0 Å². The molecule has 0 saturated carbocycles. The molecule has 1 aliphatic heterocycles. The highest BCUT2D eigenvalue weighted by Crippen LogP contribution is 2.44. The van der Waals surface area contributed by atoms with Gasteiger partial charge in [0, 0.05) is 25.2 Å². The number of ether oxygens (including phenoxy) is 5. The van der Waals surface area contributed by atoms with Crippen LogP contribution in [-0.2, 0) is 19.4 Å². The van der Waals surface area contributed by atoms with Crippen LogP contribution in [0.4, 0.5) is 0 Å². The lowest BCUT2D eigenvalue weighted by molar-refractivity contribution is 0.255. The van der Waals surface area contributed by atoms with Crippen LogP contribution in [0.3, 0.4) is 0 Å². The molecule has 0 saturated heterocycles. The van der Waals surface area contributed by atoms with E-state index in [0.29, 0.717) is 34.6 Å². The van der Waals surface area contributed by atoms with Gasteiger partial charge in [0.25, 0.3) is 5.89 Å². The minimum absolute atomic E-state index is 0.339. The summed E-state index contributed by atoms with van der Waals surface area (Å²) in [6.45, 7) is 2.89. The molecule has 0 atom stereocenters. The van der Waals surface area contributed by atoms with Crippen LogP contribution in [0.1, 0.15) is 16.7 Å². The van der Waals surface area contributed by atoms with Gasteiger partial charge in [-0.15, -0.1) is 10.2 Å². The Balaban J connectivity index is 1.25. The summed E-state index contributed by atoms with van der Waals surface area (Å²) in [5, 5.41) is 8.51. The van der Waals surface area contributed by atoms with E-state index in [9.17, 15) is 0 Å². The average molecular weight is 532 g/mol. The highest BCUT2D eigenvalue weighted by atomic mass is 16.5. The van der Waals surface area contributed by atoms with Gasteiger partial charge in [0.05, 0.1) is 41.1 Å². The molecule has 5 rings (SSSR count). The Morgan fingerprint density at radius 3 is 2.05 bits per heavy atom. The number of aromatic nitrogens is 2. The van der Waals surface area contributed by atoms with E-state index >= 15 is 0 Å². The standard InChI is InChI=1S/C30H33N3O6/c1-34-24-11-10-23(27(37-4)28(24)38-5)30-32-31-29(39-30)20-8-6-19(7-9-20)12-14-33-15-13-21-16-25(35-2)26(36-3)17-22(21)18-33/h6-11,16-17H,12-15,18H2,1-5H3. The Hall–Kier alpha value is -4.24. The van der Waals surface area contributed by atoms with Crippen LogP contribution in [-0.4, -0.2) is 63.7 Å². The van der Waals surface area contributed by atoms with Crippen molar-refractivity contribution >= 4 is 0 Å². The van der Waals surface area contributed by atoms with E-state index in [4.69, 9.17) is 28.1 Å². The summed E-state index contributed by atoms with van der Waals surface area (Å²) in [6.07, 6.45) is 1.94. The van der Waals surface area contributed by atoms with Crippen LogP contribution >= 0.6 is 0 Å². The zero-order valence-electron chi connectivity index (χ0n) is 22.9. The molecule has 0 fully saturated rings. The lowest BCUT2D eigenvalue weighted by atomic mass is 9.98. The summed E-state index contributed by atoms with van der Waals surface area (Å²) in [4.78, 5) is 2.48. The van der Waals surface area contributed by atoms with Crippen LogP contribution in [0.2, 0.25) is 0 Å². The smallest absolute Gasteiger partial charge is 0.252 e. The number of hydrogen-bond acceptors (Lipinski definition) is 9. The normalized spacial score (nSPS) is 13.1. The molecule has 1 aromatic heterocycles. The van der Waals surface area contributed by atoms with E-state index in [1.165, 1.54) is 16.7 Å². The second-order valence-electron chi connectivity index (χ2n) is 9.24. The number of hydrogen-bond donors (Lipinski definition) is 0. The van der Waals surface area contributed by atoms with Crippen molar-refractivity contribution in [2.24, 2.45) is 0 Å². The first-order valence-electron chi connectivity index (χ1n) is 12.8. The third kappa shape index (κ3) is 5.35. The van der Waals surface area contributed by atoms with Gasteiger partial charge in [-0.25, -0.2) is 0 Å². The molecule has 0 aliphatic carbocycles. The van der Waals surface area contributed by atoms with Crippen molar-refractivity contribution in [2.45, 2.75) is 19.4 Å². The lowest BCUT2D eigenvalue weighted by Gasteiger charge is -2.29. The van der Waals surface area contributed by atoms with E-state index in [-0.39, 0.29) is 0 Å². The third-order valence-electron chi connectivity index (χ3n) is 7.07. The first kappa shape index (κ1) is 26.4. The Kier molecular flexibility index (Phi) is 7.88. The van der Waals surface area contributed by atoms with Gasteiger partial charge in [0.1, 0.15) is 0 Å². The van der Waals surface area contributed by atoms with Gasteiger partial charge in [0.15, 0.2) is 23.0 Å². The lowest BCUT2D eigenvalue weighted by Crippen LogP contribution is -2.32. The zero-order chi connectivity index (χ0) is 27.4. The maximum Gasteiger partial charge on any atom is 0.252 e. The van der Waals surface area contributed by atoms with E-state index in [2.05, 4.69) is 39.4 Å². The van der Waals surface area contributed by atoms with Crippen LogP contribution in [0.25, 0.3) is 22.9 Å². The predicted octanol–water partition coefficient (Wildman–Crippen LogP) is 5.05. The van der Waals surface area contributed by atoms with Crippen LogP contribution in [0.15, 0.2) is 52.9 Å². The largest absolute Gasteiger partial charge is 0.493 e. The van der Waals surface area contributed by atoms with Gasteiger partial charge in [-0.2, -0.15) is 0 Å². The van der Waals surface area contributed by atoms with Crippen LogP contribution in [0.5, 0.6) is 28.7 Å². The number of benzene rings is 3. The number of fused-ring (bicyclic) bond motifs is 1. The molecule has 1 aliphatic rings. The molecule has 0 amide bonds. The Morgan fingerprint density at radius 1 is 0.718 bits per heavy atom. The molecule has 2 heterocycles. The van der Waals surface area contributed by atoms with Crippen molar-refractivity contribution in [3.05, 3.63) is 65.2 Å². The first-order valence-corrected chi connectivity index (χ1v) is 12.8. The summed E-state index contributed by atoms with van der Waals surface area (Å²) >= 11 is 0. The molecular formula is C30H33N3O6. The zero-order valence-corrected chi connectivity index (χ0v) is 22.9. The number of methoxy groups -OCH3 is 5. The van der Waals surface area contributed by atoms with Gasteiger partial charge < -0.3 is 28.1 Å². The second-order valence-corrected chi connectivity index (χ2v) is 9.24. The van der Waals surface area contributed by atoms with E-state index in [1.54, 1.807) is 41.6 Å². The van der Waals surface area contributed by atoms with Crippen LogP contribution in [0, 0.1) is 0 Å². The van der Waals surface area contributed by atoms with Crippen LogP contribution < -0.4 is 23.7 Å². The van der Waals surface area contributed by atoms with E-state index in [1.807, 2.05) is 18.2 Å². The molecular weight excluding hydrogens is 498 g/mol. The van der Waals surface area contributed by atoms with Gasteiger partial charge >= 0.3 is 0 Å². The molecule has 3 aromatic carbocycles. The fourth-order valence-corrected chi connectivity index (χ4v) is 4.95. The number of rotatable bonds is 10. The second kappa shape index (κ2) is 11.7. The minimum atomic E-state index is 0.339. The van der Waals surface area contributed by atoms with Crippen molar-refractivity contribution in [3.8, 4) is 51.7 Å². The molecule has 0 radical (unpaired) electrons. The Morgan fingerprint density at radius 2 is 1.38 bits per heavy atom. The predicted molar refractivity (Wildman–Crippen MR) is 147 cm³/mol. The minimum Gasteiger partial charge on any atom is -0.493 e. The molecule has 39 heavy (non-hydrogen) atoms. The van der Waals surface area contributed by atoms with Crippen molar-refractivity contribution in [3.63, 3.8) is 0 Å². The van der Waals surface area contributed by atoms with Crippen molar-refractivity contribution in [1.29, 1.82) is 0 Å². The quantitative estimate of drug-likeness (QED) is 0.279. The number of nitrogens with zero attached hydrogens (tertiary/aromatic N) is 3. The molecule has 0 spiro atoms. The fraction of sp³-hybridized carbons (Fsp3) is 0.333. The molecule has 0 unspecified atom stereocenters. The maximum atomic E-state index is 6.01. The summed E-state index contributed by atoms with van der Waals surface area (Å²) in [6, 6.07) is 16.1. The average Bonchev–Trinajstić information content (AvgIpc) is 3.48. The SMILES string of the molecule is COc1cc2c(cc1OC)CN(CCc1ccc(-c3nnc(-c4ccc(OC)c(OC)c4OC)o3)cc1)CC2. The van der Waals surface area contributed by atoms with Gasteiger partial charge in [-0.3, -0.25) is 4.90 Å².